The van der Waals surface area contributed by atoms with E-state index in [9.17, 15) is 14.7 Å². The summed E-state index contributed by atoms with van der Waals surface area (Å²) >= 11 is 12.3. The molecule has 7 nitrogen and oxygen atoms in total. The average Bonchev–Trinajstić information content (AvgIpc) is 3.21. The normalized spacial score (nSPS) is 18.6. The van der Waals surface area contributed by atoms with Crippen molar-refractivity contribution in [1.29, 1.82) is 0 Å². The van der Waals surface area contributed by atoms with Crippen molar-refractivity contribution in [3.63, 3.8) is 0 Å². The van der Waals surface area contributed by atoms with Gasteiger partial charge in [-0.05, 0) is 42.2 Å². The fourth-order valence-electron chi connectivity index (χ4n) is 3.48. The predicted molar refractivity (Wildman–Crippen MR) is 120 cm³/mol. The molecule has 0 bridgehead atoms. The van der Waals surface area contributed by atoms with Gasteiger partial charge in [0, 0.05) is 6.42 Å². The Morgan fingerprint density at radius 2 is 1.97 bits per heavy atom. The quantitative estimate of drug-likeness (QED) is 0.501. The number of methoxy groups -OCH3 is 1. The van der Waals surface area contributed by atoms with Crippen LogP contribution in [0.4, 0.5) is 0 Å². The summed E-state index contributed by atoms with van der Waals surface area (Å²) in [4.78, 5) is 29.5. The molecular weight excluding hydrogens is 457 g/mol. The van der Waals surface area contributed by atoms with Crippen molar-refractivity contribution in [3.8, 4) is 0 Å². The van der Waals surface area contributed by atoms with Gasteiger partial charge >= 0.3 is 11.9 Å². The van der Waals surface area contributed by atoms with E-state index in [2.05, 4.69) is 9.89 Å². The standard InChI is InChI=1S/C23H23Cl2NO6/c1-14-5-3-4-6-16(14)13-31-21(15-7-9-18(24)19(25)11-15)23(22(28)29)12-17(26-32-23)8-10-20(27)30-2/h3-7,9,11,21H,8,10,12-13H2,1-2H3,(H,28,29). The van der Waals surface area contributed by atoms with Gasteiger partial charge in [-0.1, -0.05) is 58.7 Å². The lowest BCUT2D eigenvalue weighted by molar-refractivity contribution is -0.187. The molecule has 0 saturated carbocycles. The Morgan fingerprint density at radius 3 is 2.62 bits per heavy atom. The van der Waals surface area contributed by atoms with Crippen LogP contribution in [0.15, 0.2) is 47.6 Å². The lowest BCUT2D eigenvalue weighted by Gasteiger charge is -2.32. The van der Waals surface area contributed by atoms with Crippen LogP contribution in [0.25, 0.3) is 0 Å². The van der Waals surface area contributed by atoms with Crippen molar-refractivity contribution in [2.45, 2.75) is 44.5 Å². The number of rotatable bonds is 9. The Bertz CT molecular complexity index is 1040. The second kappa shape index (κ2) is 10.3. The maximum absolute atomic E-state index is 12.5. The molecule has 2 atom stereocenters. The molecule has 0 aliphatic carbocycles. The van der Waals surface area contributed by atoms with E-state index in [-0.39, 0.29) is 30.9 Å². The number of esters is 1. The smallest absolute Gasteiger partial charge is 0.354 e. The topological polar surface area (TPSA) is 94.4 Å². The number of oxime groups is 1. The average molecular weight is 480 g/mol. The number of carboxylic acids is 1. The largest absolute Gasteiger partial charge is 0.478 e. The molecule has 0 fully saturated rings. The van der Waals surface area contributed by atoms with Gasteiger partial charge < -0.3 is 19.4 Å². The van der Waals surface area contributed by atoms with Crippen LogP contribution in [-0.2, 0) is 30.5 Å². The highest BCUT2D eigenvalue weighted by Gasteiger charge is 2.55. The fraction of sp³-hybridized carbons (Fsp3) is 0.348. The molecule has 32 heavy (non-hydrogen) atoms. The molecule has 0 radical (unpaired) electrons. The molecule has 1 aliphatic heterocycles. The van der Waals surface area contributed by atoms with Crippen molar-refractivity contribution < 1.29 is 29.0 Å². The minimum atomic E-state index is -1.83. The van der Waals surface area contributed by atoms with Crippen molar-refractivity contribution in [2.75, 3.05) is 7.11 Å². The lowest BCUT2D eigenvalue weighted by atomic mass is 9.85. The van der Waals surface area contributed by atoms with Gasteiger partial charge in [0.25, 0.3) is 5.60 Å². The highest BCUT2D eigenvalue weighted by atomic mass is 35.5. The van der Waals surface area contributed by atoms with Gasteiger partial charge in [-0.2, -0.15) is 0 Å². The molecule has 2 unspecified atom stereocenters. The van der Waals surface area contributed by atoms with Crippen LogP contribution in [-0.4, -0.2) is 35.5 Å². The second-order valence-electron chi connectivity index (χ2n) is 7.49. The lowest BCUT2D eigenvalue weighted by Crippen LogP contribution is -2.46. The van der Waals surface area contributed by atoms with Gasteiger partial charge in [-0.25, -0.2) is 4.79 Å². The second-order valence-corrected chi connectivity index (χ2v) is 8.30. The third kappa shape index (κ3) is 5.23. The zero-order chi connectivity index (χ0) is 23.3. The van der Waals surface area contributed by atoms with Gasteiger partial charge in [0.1, 0.15) is 6.10 Å². The van der Waals surface area contributed by atoms with E-state index in [1.54, 1.807) is 18.2 Å². The third-order valence-electron chi connectivity index (χ3n) is 5.35. The van der Waals surface area contributed by atoms with E-state index in [0.717, 1.165) is 11.1 Å². The molecule has 3 rings (SSSR count). The zero-order valence-electron chi connectivity index (χ0n) is 17.6. The first-order valence-electron chi connectivity index (χ1n) is 9.92. The molecule has 170 valence electrons. The van der Waals surface area contributed by atoms with Gasteiger partial charge in [-0.3, -0.25) is 4.79 Å². The van der Waals surface area contributed by atoms with Crippen LogP contribution in [0, 0.1) is 6.92 Å². The van der Waals surface area contributed by atoms with Gasteiger partial charge in [0.05, 0.1) is 35.9 Å². The molecule has 9 heteroatoms. The highest BCUT2D eigenvalue weighted by Crippen LogP contribution is 2.42. The van der Waals surface area contributed by atoms with Crippen LogP contribution in [0.1, 0.15) is 42.1 Å². The number of carboxylic acid groups (broad SMARTS) is 1. The fourth-order valence-corrected chi connectivity index (χ4v) is 3.79. The van der Waals surface area contributed by atoms with E-state index < -0.39 is 23.6 Å². The minimum absolute atomic E-state index is 0.0575. The number of nitrogens with zero attached hydrogens (tertiary/aromatic N) is 1. The number of aryl methyl sites for hydroxylation is 1. The first kappa shape index (κ1) is 24.0. The van der Waals surface area contributed by atoms with Crippen molar-refractivity contribution in [1.82, 2.24) is 0 Å². The molecule has 1 aliphatic rings. The number of benzene rings is 2. The first-order chi connectivity index (χ1) is 15.3. The van der Waals surface area contributed by atoms with Gasteiger partial charge in [-0.15, -0.1) is 0 Å². The number of hydrogen-bond donors (Lipinski definition) is 1. The van der Waals surface area contributed by atoms with Crippen molar-refractivity contribution in [2.24, 2.45) is 5.16 Å². The number of aliphatic carboxylic acids is 1. The van der Waals surface area contributed by atoms with Crippen molar-refractivity contribution in [3.05, 3.63) is 69.2 Å². The van der Waals surface area contributed by atoms with E-state index in [4.69, 9.17) is 32.8 Å². The maximum Gasteiger partial charge on any atom is 0.354 e. The Hall–Kier alpha value is -2.61. The SMILES string of the molecule is COC(=O)CCC1=NOC(C(=O)O)(C(OCc2ccccc2C)c2ccc(Cl)c(Cl)c2)C1. The summed E-state index contributed by atoms with van der Waals surface area (Å²) in [6.45, 7) is 2.09. The zero-order valence-corrected chi connectivity index (χ0v) is 19.2. The molecule has 0 spiro atoms. The number of carbonyl (C=O) groups is 2. The van der Waals surface area contributed by atoms with Crippen LogP contribution in [0.5, 0.6) is 0 Å². The number of hydrogen-bond acceptors (Lipinski definition) is 6. The Balaban J connectivity index is 1.92. The van der Waals surface area contributed by atoms with Crippen molar-refractivity contribution >= 4 is 40.9 Å². The van der Waals surface area contributed by atoms with Crippen LogP contribution >= 0.6 is 23.2 Å². The number of ether oxygens (including phenoxy) is 2. The molecule has 0 saturated heterocycles. The van der Waals surface area contributed by atoms with Crippen LogP contribution in [0.2, 0.25) is 10.0 Å². The summed E-state index contributed by atoms with van der Waals surface area (Å²) < 4.78 is 10.8. The first-order valence-corrected chi connectivity index (χ1v) is 10.7. The highest BCUT2D eigenvalue weighted by molar-refractivity contribution is 6.42. The number of carbonyl (C=O) groups excluding carboxylic acids is 1. The molecule has 0 amide bonds. The molecular formula is C23H23Cl2NO6. The Kier molecular flexibility index (Phi) is 7.77. The summed E-state index contributed by atoms with van der Waals surface area (Å²) in [7, 11) is 1.29. The third-order valence-corrected chi connectivity index (χ3v) is 6.09. The monoisotopic (exact) mass is 479 g/mol. The summed E-state index contributed by atoms with van der Waals surface area (Å²) in [5.41, 5.74) is 1.00. The Labute approximate surface area is 195 Å². The van der Waals surface area contributed by atoms with E-state index in [1.165, 1.54) is 7.11 Å². The van der Waals surface area contributed by atoms with Gasteiger partial charge in [0.2, 0.25) is 0 Å². The van der Waals surface area contributed by atoms with E-state index in [0.29, 0.717) is 16.3 Å². The van der Waals surface area contributed by atoms with Crippen LogP contribution in [0.3, 0.4) is 0 Å². The Morgan fingerprint density at radius 1 is 1.22 bits per heavy atom. The molecule has 2 aromatic carbocycles. The number of halogens is 2. The predicted octanol–water partition coefficient (Wildman–Crippen LogP) is 5.11. The molecule has 2 aromatic rings. The summed E-state index contributed by atoms with van der Waals surface area (Å²) in [6, 6.07) is 12.4. The molecule has 0 aromatic heterocycles. The molecule has 1 heterocycles. The minimum Gasteiger partial charge on any atom is -0.478 e. The maximum atomic E-state index is 12.5. The van der Waals surface area contributed by atoms with Gasteiger partial charge in [0.15, 0.2) is 0 Å². The van der Waals surface area contributed by atoms with Crippen LogP contribution < -0.4 is 0 Å². The summed E-state index contributed by atoms with van der Waals surface area (Å²) in [5, 5.41) is 14.7. The molecule has 1 N–H and O–H groups in total. The summed E-state index contributed by atoms with van der Waals surface area (Å²) in [5.74, 6) is -1.66. The van der Waals surface area contributed by atoms with E-state index >= 15 is 0 Å². The summed E-state index contributed by atoms with van der Waals surface area (Å²) in [6.07, 6.45) is -0.824. The van der Waals surface area contributed by atoms with E-state index in [1.807, 2.05) is 31.2 Å².